The smallest absolute Gasteiger partial charge is 0.326 e. The first-order chi connectivity index (χ1) is 11.7. The van der Waals surface area contributed by atoms with Crippen LogP contribution in [0.3, 0.4) is 0 Å². The van der Waals surface area contributed by atoms with Crippen molar-refractivity contribution in [2.45, 2.75) is 30.7 Å². The van der Waals surface area contributed by atoms with E-state index in [0.29, 0.717) is 16.6 Å². The van der Waals surface area contributed by atoms with Gasteiger partial charge in [-0.05, 0) is 25.1 Å². The zero-order valence-electron chi connectivity index (χ0n) is 13.1. The molecule has 1 aliphatic rings. The van der Waals surface area contributed by atoms with Gasteiger partial charge in [0, 0.05) is 29.6 Å². The van der Waals surface area contributed by atoms with E-state index in [-0.39, 0.29) is 23.7 Å². The Balaban J connectivity index is 1.72. The third-order valence-corrected chi connectivity index (χ3v) is 4.81. The van der Waals surface area contributed by atoms with Crippen LogP contribution in [0.25, 0.3) is 0 Å². The van der Waals surface area contributed by atoms with Gasteiger partial charge in [-0.2, -0.15) is 13.2 Å². The molecular formula is C16H14F3N3O2S. The van der Waals surface area contributed by atoms with E-state index in [1.54, 1.807) is 6.92 Å². The molecule has 1 atom stereocenters. The molecule has 0 saturated carbocycles. The van der Waals surface area contributed by atoms with Gasteiger partial charge in [-0.1, -0.05) is 17.8 Å². The van der Waals surface area contributed by atoms with Crippen LogP contribution in [-0.2, 0) is 11.0 Å². The van der Waals surface area contributed by atoms with Crippen molar-refractivity contribution < 1.29 is 18.0 Å². The topological polar surface area (TPSA) is 64.0 Å². The molecule has 0 fully saturated rings. The largest absolute Gasteiger partial charge is 0.416 e. The van der Waals surface area contributed by atoms with E-state index in [0.717, 1.165) is 12.1 Å². The minimum atomic E-state index is -4.47. The van der Waals surface area contributed by atoms with Crippen molar-refractivity contribution in [3.63, 3.8) is 0 Å². The molecule has 1 aromatic carbocycles. The van der Waals surface area contributed by atoms with Crippen molar-refractivity contribution in [3.05, 3.63) is 51.9 Å². The molecule has 0 spiro atoms. The summed E-state index contributed by atoms with van der Waals surface area (Å²) in [6, 6.07) is 5.47. The summed E-state index contributed by atoms with van der Waals surface area (Å²) in [5.41, 5.74) is -0.384. The summed E-state index contributed by atoms with van der Waals surface area (Å²) in [5.74, 6) is 0.0621. The minimum Gasteiger partial charge on any atom is -0.326 e. The molecule has 5 nitrogen and oxygen atoms in total. The summed E-state index contributed by atoms with van der Waals surface area (Å²) in [6.45, 7) is 1.72. The van der Waals surface area contributed by atoms with Gasteiger partial charge >= 0.3 is 6.18 Å². The number of thioether (sulfide) groups is 1. The van der Waals surface area contributed by atoms with E-state index < -0.39 is 17.6 Å². The number of nitrogens with zero attached hydrogens (tertiary/aromatic N) is 2. The number of aryl methyl sites for hydroxylation is 1. The van der Waals surface area contributed by atoms with Gasteiger partial charge in [0.15, 0.2) is 5.16 Å². The predicted octanol–water partition coefficient (Wildman–Crippen LogP) is 3.25. The number of amides is 1. The van der Waals surface area contributed by atoms with Crippen LogP contribution in [0.4, 0.5) is 18.9 Å². The molecule has 25 heavy (non-hydrogen) atoms. The number of hydrogen-bond acceptors (Lipinski definition) is 4. The second-order valence-corrected chi connectivity index (χ2v) is 6.67. The van der Waals surface area contributed by atoms with E-state index in [9.17, 15) is 22.8 Å². The fourth-order valence-electron chi connectivity index (χ4n) is 2.61. The number of anilines is 1. The molecule has 2 heterocycles. The zero-order chi connectivity index (χ0) is 18.2. The molecule has 0 saturated heterocycles. The fourth-order valence-corrected chi connectivity index (χ4v) is 3.81. The van der Waals surface area contributed by atoms with Crippen molar-refractivity contribution in [2.75, 3.05) is 11.1 Å². The molecule has 9 heteroatoms. The van der Waals surface area contributed by atoms with Gasteiger partial charge in [0.05, 0.1) is 11.6 Å². The van der Waals surface area contributed by atoms with E-state index in [1.807, 2.05) is 0 Å². The van der Waals surface area contributed by atoms with E-state index in [4.69, 9.17) is 0 Å². The van der Waals surface area contributed by atoms with Crippen LogP contribution < -0.4 is 10.9 Å². The average molecular weight is 369 g/mol. The maximum Gasteiger partial charge on any atom is 0.416 e. The van der Waals surface area contributed by atoms with Crippen LogP contribution >= 0.6 is 11.8 Å². The Kier molecular flexibility index (Phi) is 4.59. The van der Waals surface area contributed by atoms with E-state index in [2.05, 4.69) is 10.3 Å². The maximum absolute atomic E-state index is 12.7. The Bertz CT molecular complexity index is 880. The van der Waals surface area contributed by atoms with Crippen LogP contribution in [0.5, 0.6) is 0 Å². The summed E-state index contributed by atoms with van der Waals surface area (Å²) < 4.78 is 39.6. The van der Waals surface area contributed by atoms with E-state index in [1.165, 1.54) is 34.5 Å². The number of carbonyl (C=O) groups excluding carboxylic acids is 1. The van der Waals surface area contributed by atoms with Crippen LogP contribution in [0.1, 0.15) is 23.7 Å². The lowest BCUT2D eigenvalue weighted by Crippen LogP contribution is -2.27. The highest BCUT2D eigenvalue weighted by Gasteiger charge is 2.31. The van der Waals surface area contributed by atoms with Gasteiger partial charge < -0.3 is 5.32 Å². The highest BCUT2D eigenvalue weighted by Crippen LogP contribution is 2.33. The molecule has 0 radical (unpaired) electrons. The third-order valence-electron chi connectivity index (χ3n) is 3.71. The number of fused-ring (bicyclic) bond motifs is 1. The third kappa shape index (κ3) is 3.87. The maximum atomic E-state index is 12.7. The number of hydrogen-bond donors (Lipinski definition) is 1. The van der Waals surface area contributed by atoms with Gasteiger partial charge in [0.1, 0.15) is 0 Å². The number of halogens is 3. The monoisotopic (exact) mass is 369 g/mol. The summed E-state index contributed by atoms with van der Waals surface area (Å²) in [6.07, 6.45) is -4.49. The number of alkyl halides is 3. The number of aromatic nitrogens is 2. The molecule has 1 unspecified atom stereocenters. The first-order valence-electron chi connectivity index (χ1n) is 7.44. The summed E-state index contributed by atoms with van der Waals surface area (Å²) >= 11 is 1.38. The molecule has 1 N–H and O–H groups in total. The van der Waals surface area contributed by atoms with Crippen LogP contribution in [0.15, 0.2) is 40.3 Å². The van der Waals surface area contributed by atoms with Gasteiger partial charge in [-0.15, -0.1) is 0 Å². The van der Waals surface area contributed by atoms with Gasteiger partial charge in [0.2, 0.25) is 5.91 Å². The Labute approximate surface area is 145 Å². The second-order valence-electron chi connectivity index (χ2n) is 5.68. The van der Waals surface area contributed by atoms with Crippen molar-refractivity contribution in [2.24, 2.45) is 0 Å². The molecule has 0 bridgehead atoms. The number of benzene rings is 1. The lowest BCUT2D eigenvalue weighted by atomic mass is 10.1. The highest BCUT2D eigenvalue weighted by molar-refractivity contribution is 7.99. The fraction of sp³-hybridized carbons (Fsp3) is 0.312. The summed E-state index contributed by atoms with van der Waals surface area (Å²) in [4.78, 5) is 28.5. The van der Waals surface area contributed by atoms with Crippen molar-refractivity contribution in [1.82, 2.24) is 9.55 Å². The first kappa shape index (κ1) is 17.5. The lowest BCUT2D eigenvalue weighted by molar-refractivity contribution is -0.137. The molecule has 2 aromatic rings. The summed E-state index contributed by atoms with van der Waals surface area (Å²) in [7, 11) is 0. The van der Waals surface area contributed by atoms with Gasteiger partial charge in [-0.25, -0.2) is 4.98 Å². The Morgan fingerprint density at radius 2 is 2.16 bits per heavy atom. The lowest BCUT2D eigenvalue weighted by Gasteiger charge is -2.14. The van der Waals surface area contributed by atoms with Crippen LogP contribution in [-0.4, -0.2) is 21.2 Å². The number of rotatable bonds is 3. The first-order valence-corrected chi connectivity index (χ1v) is 8.42. The van der Waals surface area contributed by atoms with Crippen molar-refractivity contribution in [1.29, 1.82) is 0 Å². The highest BCUT2D eigenvalue weighted by atomic mass is 32.2. The molecule has 1 amide bonds. The normalized spacial score (nSPS) is 16.6. The number of carbonyl (C=O) groups is 1. The quantitative estimate of drug-likeness (QED) is 0.844. The molecule has 132 valence electrons. The molecule has 3 rings (SSSR count). The van der Waals surface area contributed by atoms with Crippen molar-refractivity contribution in [3.8, 4) is 0 Å². The Morgan fingerprint density at radius 3 is 2.88 bits per heavy atom. The van der Waals surface area contributed by atoms with Gasteiger partial charge in [-0.3, -0.25) is 14.2 Å². The molecule has 1 aliphatic heterocycles. The zero-order valence-corrected chi connectivity index (χ0v) is 13.9. The minimum absolute atomic E-state index is 0.0130. The summed E-state index contributed by atoms with van der Waals surface area (Å²) in [5, 5.41) is 3.02. The predicted molar refractivity (Wildman–Crippen MR) is 87.7 cm³/mol. The van der Waals surface area contributed by atoms with Crippen molar-refractivity contribution >= 4 is 23.4 Å². The Hall–Kier alpha value is -2.29. The van der Waals surface area contributed by atoms with Crippen LogP contribution in [0, 0.1) is 6.92 Å². The SMILES string of the molecule is Cc1cc(=O)n2c(n1)SCC2CC(=O)Nc1cccc(C(F)(F)F)c1. The molecular weight excluding hydrogens is 355 g/mol. The van der Waals surface area contributed by atoms with Gasteiger partial charge in [0.25, 0.3) is 5.56 Å². The average Bonchev–Trinajstić information content (AvgIpc) is 2.89. The number of nitrogens with one attached hydrogen (secondary N) is 1. The standard InChI is InChI=1S/C16H14F3N3O2S/c1-9-5-14(24)22-12(8-25-15(22)20-9)7-13(23)21-11-4-2-3-10(6-11)16(17,18)19/h2-6,12H,7-8H2,1H3,(H,21,23). The van der Waals surface area contributed by atoms with Crippen LogP contribution in [0.2, 0.25) is 0 Å². The molecule has 0 aliphatic carbocycles. The van der Waals surface area contributed by atoms with E-state index >= 15 is 0 Å². The molecule has 1 aromatic heterocycles. The second kappa shape index (κ2) is 6.55. The Morgan fingerprint density at radius 1 is 1.40 bits per heavy atom.